The van der Waals surface area contributed by atoms with Crippen LogP contribution in [0.2, 0.25) is 0 Å². The molecule has 0 spiro atoms. The highest BCUT2D eigenvalue weighted by Crippen LogP contribution is 2.29. The monoisotopic (exact) mass is 581 g/mol. The average Bonchev–Trinajstić information content (AvgIpc) is 2.98. The van der Waals surface area contributed by atoms with E-state index in [9.17, 15) is 14.4 Å². The summed E-state index contributed by atoms with van der Waals surface area (Å²) in [6, 6.07) is 20.0. The molecule has 3 aromatic carbocycles. The van der Waals surface area contributed by atoms with Crippen molar-refractivity contribution in [2.45, 2.75) is 40.0 Å². The number of anilines is 3. The van der Waals surface area contributed by atoms with Crippen molar-refractivity contribution in [3.05, 3.63) is 106 Å². The van der Waals surface area contributed by atoms with Gasteiger partial charge in [-0.2, -0.15) is 0 Å². The molecule has 224 valence electrons. The number of ether oxygens (including phenoxy) is 1. The molecule has 0 aliphatic heterocycles. The molecule has 0 saturated heterocycles. The van der Waals surface area contributed by atoms with Crippen LogP contribution < -0.4 is 21.5 Å². The Hall–Kier alpha value is -4.76. The minimum Gasteiger partial charge on any atom is -0.380 e. The topological polar surface area (TPSA) is 114 Å². The van der Waals surface area contributed by atoms with Crippen molar-refractivity contribution in [2.24, 2.45) is 7.05 Å². The third kappa shape index (κ3) is 7.75. The number of carbonyl (C=O) groups is 2. The molecule has 0 saturated carbocycles. The van der Waals surface area contributed by atoms with E-state index in [1.165, 1.54) is 4.57 Å². The number of aryl methyl sites for hydroxylation is 1. The predicted molar refractivity (Wildman–Crippen MR) is 171 cm³/mol. The van der Waals surface area contributed by atoms with E-state index in [1.807, 2.05) is 56.3 Å². The third-order valence-corrected chi connectivity index (χ3v) is 7.09. The van der Waals surface area contributed by atoms with Crippen LogP contribution in [0.3, 0.4) is 0 Å². The lowest BCUT2D eigenvalue weighted by Gasteiger charge is -2.19. The van der Waals surface area contributed by atoms with Gasteiger partial charge in [0.1, 0.15) is 0 Å². The van der Waals surface area contributed by atoms with Gasteiger partial charge in [0, 0.05) is 54.5 Å². The molecule has 3 N–H and O–H groups in total. The third-order valence-electron chi connectivity index (χ3n) is 7.09. The van der Waals surface area contributed by atoms with Crippen molar-refractivity contribution in [3.63, 3.8) is 0 Å². The van der Waals surface area contributed by atoms with Gasteiger partial charge in [-0.05, 0) is 72.9 Å². The maximum absolute atomic E-state index is 13.1. The molecule has 1 heterocycles. The SMILES string of the molecule is CCOCCNC(=O)c1ccc(Nc2nc(-c3cccc(NC(=O)c4ccc(C(C)(C)C)cc4)c3C)cn(C)c2=O)cc1. The molecule has 43 heavy (non-hydrogen) atoms. The van der Waals surface area contributed by atoms with Gasteiger partial charge in [0.2, 0.25) is 0 Å². The van der Waals surface area contributed by atoms with Crippen LogP contribution in [0.4, 0.5) is 17.2 Å². The molecular weight excluding hydrogens is 542 g/mol. The van der Waals surface area contributed by atoms with Crippen molar-refractivity contribution < 1.29 is 14.3 Å². The molecule has 9 nitrogen and oxygen atoms in total. The first-order valence-corrected chi connectivity index (χ1v) is 14.3. The van der Waals surface area contributed by atoms with E-state index in [1.54, 1.807) is 37.5 Å². The summed E-state index contributed by atoms with van der Waals surface area (Å²) >= 11 is 0. The van der Waals surface area contributed by atoms with Crippen molar-refractivity contribution in [3.8, 4) is 11.3 Å². The molecule has 4 aromatic rings. The Bertz CT molecular complexity index is 1650. The number of hydrogen-bond acceptors (Lipinski definition) is 6. The van der Waals surface area contributed by atoms with E-state index < -0.39 is 0 Å². The minimum atomic E-state index is -0.303. The summed E-state index contributed by atoms with van der Waals surface area (Å²) in [5.74, 6) is -0.267. The standard InChI is InChI=1S/C34H39N5O4/c1-7-43-20-19-35-31(40)23-13-17-26(18-14-23)36-30-33(42)39(6)21-29(37-30)27-9-8-10-28(22(27)2)38-32(41)24-11-15-25(16-12-24)34(3,4)5/h8-18,21H,7,19-20H2,1-6H3,(H,35,40)(H,36,37)(H,38,41). The highest BCUT2D eigenvalue weighted by Gasteiger charge is 2.17. The molecule has 0 unspecified atom stereocenters. The largest absolute Gasteiger partial charge is 0.380 e. The van der Waals surface area contributed by atoms with Gasteiger partial charge in [-0.3, -0.25) is 14.4 Å². The number of nitrogens with zero attached hydrogens (tertiary/aromatic N) is 2. The zero-order valence-corrected chi connectivity index (χ0v) is 25.6. The van der Waals surface area contributed by atoms with Gasteiger partial charge in [-0.25, -0.2) is 4.98 Å². The van der Waals surface area contributed by atoms with Crippen LogP contribution in [0.25, 0.3) is 11.3 Å². The molecule has 9 heteroatoms. The zero-order valence-electron chi connectivity index (χ0n) is 25.6. The Morgan fingerprint density at radius 3 is 2.23 bits per heavy atom. The summed E-state index contributed by atoms with van der Waals surface area (Å²) in [7, 11) is 1.66. The van der Waals surface area contributed by atoms with Gasteiger partial charge < -0.3 is 25.3 Å². The van der Waals surface area contributed by atoms with E-state index >= 15 is 0 Å². The van der Waals surface area contributed by atoms with Crippen LogP contribution in [0, 0.1) is 6.92 Å². The number of aromatic nitrogens is 2. The minimum absolute atomic E-state index is 0.000134. The second kappa shape index (κ2) is 13.5. The van der Waals surface area contributed by atoms with Crippen molar-refractivity contribution in [1.29, 1.82) is 0 Å². The number of nitrogens with one attached hydrogen (secondary N) is 3. The first-order chi connectivity index (χ1) is 20.5. The maximum atomic E-state index is 13.1. The van der Waals surface area contributed by atoms with Crippen LogP contribution in [0.15, 0.2) is 77.7 Å². The van der Waals surface area contributed by atoms with Gasteiger partial charge >= 0.3 is 0 Å². The Morgan fingerprint density at radius 2 is 1.58 bits per heavy atom. The normalized spacial score (nSPS) is 11.2. The highest BCUT2D eigenvalue weighted by atomic mass is 16.5. The summed E-state index contributed by atoms with van der Waals surface area (Å²) in [5.41, 5.74) is 5.35. The lowest BCUT2D eigenvalue weighted by molar-refractivity contribution is 0.0922. The summed E-state index contributed by atoms with van der Waals surface area (Å²) in [6.07, 6.45) is 1.67. The molecule has 0 fully saturated rings. The summed E-state index contributed by atoms with van der Waals surface area (Å²) in [4.78, 5) is 43.0. The summed E-state index contributed by atoms with van der Waals surface area (Å²) < 4.78 is 6.71. The predicted octanol–water partition coefficient (Wildman–Crippen LogP) is 5.82. The Balaban J connectivity index is 1.52. The second-order valence-corrected chi connectivity index (χ2v) is 11.3. The first-order valence-electron chi connectivity index (χ1n) is 14.3. The Morgan fingerprint density at radius 1 is 0.930 bits per heavy atom. The quantitative estimate of drug-likeness (QED) is 0.204. The lowest BCUT2D eigenvalue weighted by atomic mass is 9.86. The van der Waals surface area contributed by atoms with E-state index in [-0.39, 0.29) is 28.6 Å². The van der Waals surface area contributed by atoms with Crippen molar-refractivity contribution in [2.75, 3.05) is 30.4 Å². The number of amides is 2. The van der Waals surface area contributed by atoms with Gasteiger partial charge in [-0.1, -0.05) is 45.0 Å². The molecule has 0 bridgehead atoms. The molecule has 2 amide bonds. The zero-order chi connectivity index (χ0) is 31.1. The smallest absolute Gasteiger partial charge is 0.293 e. The van der Waals surface area contributed by atoms with E-state index in [0.29, 0.717) is 48.0 Å². The van der Waals surface area contributed by atoms with Crippen molar-refractivity contribution in [1.82, 2.24) is 14.9 Å². The average molecular weight is 582 g/mol. The van der Waals surface area contributed by atoms with Gasteiger partial charge in [0.05, 0.1) is 12.3 Å². The molecule has 1 aromatic heterocycles. The molecule has 0 atom stereocenters. The molecule has 0 aliphatic rings. The maximum Gasteiger partial charge on any atom is 0.293 e. The fraction of sp³-hybridized carbons (Fsp3) is 0.294. The summed E-state index contributed by atoms with van der Waals surface area (Å²) in [6.45, 7) is 11.7. The number of rotatable bonds is 10. The van der Waals surface area contributed by atoms with Crippen molar-refractivity contribution >= 4 is 29.0 Å². The van der Waals surface area contributed by atoms with Gasteiger partial charge in [0.25, 0.3) is 17.4 Å². The molecular formula is C34H39N5O4. The first kappa shape index (κ1) is 31.2. The Kier molecular flexibility index (Phi) is 9.77. The fourth-order valence-corrected chi connectivity index (χ4v) is 4.51. The lowest BCUT2D eigenvalue weighted by Crippen LogP contribution is -2.27. The molecule has 0 radical (unpaired) electrons. The van der Waals surface area contributed by atoms with Crippen LogP contribution in [-0.4, -0.2) is 41.1 Å². The van der Waals surface area contributed by atoms with Crippen LogP contribution in [0.5, 0.6) is 0 Å². The molecule has 4 rings (SSSR count). The van der Waals surface area contributed by atoms with E-state index in [4.69, 9.17) is 4.74 Å². The van der Waals surface area contributed by atoms with Gasteiger partial charge in [0.15, 0.2) is 5.82 Å². The second-order valence-electron chi connectivity index (χ2n) is 11.3. The number of carbonyl (C=O) groups excluding carboxylic acids is 2. The fourth-order valence-electron chi connectivity index (χ4n) is 4.51. The number of benzene rings is 3. The van der Waals surface area contributed by atoms with Gasteiger partial charge in [-0.15, -0.1) is 0 Å². The van der Waals surface area contributed by atoms with E-state index in [0.717, 1.165) is 16.7 Å². The van der Waals surface area contributed by atoms with Crippen LogP contribution in [0.1, 0.15) is 59.5 Å². The van der Waals surface area contributed by atoms with E-state index in [2.05, 4.69) is 41.7 Å². The van der Waals surface area contributed by atoms with Crippen LogP contribution >= 0.6 is 0 Å². The highest BCUT2D eigenvalue weighted by molar-refractivity contribution is 6.05. The van der Waals surface area contributed by atoms with Crippen LogP contribution in [-0.2, 0) is 17.2 Å². The number of hydrogen-bond donors (Lipinski definition) is 3. The molecule has 0 aliphatic carbocycles. The Labute approximate surface area is 252 Å². The summed E-state index contributed by atoms with van der Waals surface area (Å²) in [5, 5.41) is 8.91.